The highest BCUT2D eigenvalue weighted by Crippen LogP contribution is 2.24. The molecule has 0 aliphatic carbocycles. The molecule has 4 nitrogen and oxygen atoms in total. The van der Waals surface area contributed by atoms with Crippen molar-refractivity contribution < 1.29 is 4.79 Å². The quantitative estimate of drug-likeness (QED) is 0.809. The van der Waals surface area contributed by atoms with Gasteiger partial charge in [0, 0.05) is 23.7 Å². The van der Waals surface area contributed by atoms with Crippen molar-refractivity contribution in [3.8, 4) is 0 Å². The first kappa shape index (κ1) is 17.9. The van der Waals surface area contributed by atoms with Crippen LogP contribution in [-0.4, -0.2) is 28.4 Å². The average Bonchev–Trinajstić information content (AvgIpc) is 3.09. The Balaban J connectivity index is 1.59. The number of nitrogens with one attached hydrogen (secondary N) is 1. The maximum absolute atomic E-state index is 12.6. The molecule has 0 bridgehead atoms. The van der Waals surface area contributed by atoms with Gasteiger partial charge in [-0.2, -0.15) is 0 Å². The van der Waals surface area contributed by atoms with Gasteiger partial charge in [-0.15, -0.1) is 11.3 Å². The van der Waals surface area contributed by atoms with Crippen molar-refractivity contribution in [1.82, 2.24) is 9.88 Å². The summed E-state index contributed by atoms with van der Waals surface area (Å²) in [6.45, 7) is 5.22. The van der Waals surface area contributed by atoms with Gasteiger partial charge in [-0.05, 0) is 49.8 Å². The summed E-state index contributed by atoms with van der Waals surface area (Å²) in [5, 5.41) is 6.17. The smallest absolute Gasteiger partial charge is 0.228 e. The molecular weight excluding hydrogens is 330 g/mol. The highest BCUT2D eigenvalue weighted by atomic mass is 32.1. The lowest BCUT2D eigenvalue weighted by Crippen LogP contribution is -2.44. The van der Waals surface area contributed by atoms with Crippen molar-refractivity contribution in [1.29, 1.82) is 0 Å². The summed E-state index contributed by atoms with van der Waals surface area (Å²) in [7, 11) is 0. The Morgan fingerprint density at radius 2 is 2.08 bits per heavy atom. The van der Waals surface area contributed by atoms with Gasteiger partial charge in [0.1, 0.15) is 0 Å². The van der Waals surface area contributed by atoms with Crippen molar-refractivity contribution >= 4 is 28.1 Å². The summed E-state index contributed by atoms with van der Waals surface area (Å²) < 4.78 is 0. The van der Waals surface area contributed by atoms with Crippen LogP contribution < -0.4 is 5.32 Å². The molecule has 3 rings (SSSR count). The zero-order chi connectivity index (χ0) is 17.6. The minimum Gasteiger partial charge on any atom is -0.339 e. The number of carbonyl (C=O) groups is 1. The second-order valence-electron chi connectivity index (χ2n) is 6.64. The van der Waals surface area contributed by atoms with Crippen LogP contribution in [0.3, 0.4) is 0 Å². The molecule has 2 heterocycles. The van der Waals surface area contributed by atoms with Crippen LogP contribution in [0.5, 0.6) is 0 Å². The fourth-order valence-corrected chi connectivity index (χ4v) is 4.13. The lowest BCUT2D eigenvalue weighted by Gasteiger charge is -2.35. The van der Waals surface area contributed by atoms with Crippen molar-refractivity contribution in [3.63, 3.8) is 0 Å². The number of aryl methyl sites for hydroxylation is 1. The van der Waals surface area contributed by atoms with E-state index < -0.39 is 0 Å². The van der Waals surface area contributed by atoms with Gasteiger partial charge >= 0.3 is 0 Å². The average molecular weight is 358 g/mol. The van der Waals surface area contributed by atoms with Gasteiger partial charge in [-0.3, -0.25) is 4.79 Å². The molecule has 1 atom stereocenters. The van der Waals surface area contributed by atoms with E-state index in [-0.39, 0.29) is 5.91 Å². The highest BCUT2D eigenvalue weighted by molar-refractivity contribution is 7.13. The Morgan fingerprint density at radius 3 is 2.80 bits per heavy atom. The van der Waals surface area contributed by atoms with Crippen LogP contribution in [0, 0.1) is 0 Å². The fraction of sp³-hybridized carbons (Fsp3) is 0.500. The van der Waals surface area contributed by atoms with E-state index in [1.807, 2.05) is 5.38 Å². The molecule has 134 valence electrons. The lowest BCUT2D eigenvalue weighted by molar-refractivity contribution is -0.134. The van der Waals surface area contributed by atoms with Crippen LogP contribution in [0.15, 0.2) is 29.6 Å². The molecule has 25 heavy (non-hydrogen) atoms. The van der Waals surface area contributed by atoms with E-state index in [1.165, 1.54) is 12.0 Å². The third-order valence-corrected chi connectivity index (χ3v) is 5.72. The first-order valence-corrected chi connectivity index (χ1v) is 10.2. The van der Waals surface area contributed by atoms with E-state index in [0.717, 1.165) is 48.7 Å². The Kier molecular flexibility index (Phi) is 6.08. The number of nitrogens with zero attached hydrogens (tertiary/aromatic N) is 2. The number of hydrogen-bond donors (Lipinski definition) is 1. The van der Waals surface area contributed by atoms with Crippen LogP contribution >= 0.6 is 11.3 Å². The lowest BCUT2D eigenvalue weighted by atomic mass is 9.99. The first-order chi connectivity index (χ1) is 12.2. The van der Waals surface area contributed by atoms with Crippen LogP contribution in [0.2, 0.25) is 0 Å². The summed E-state index contributed by atoms with van der Waals surface area (Å²) in [4.78, 5) is 19.3. The first-order valence-electron chi connectivity index (χ1n) is 9.29. The number of amides is 1. The number of rotatable bonds is 6. The van der Waals surface area contributed by atoms with E-state index in [2.05, 4.69) is 53.3 Å². The van der Waals surface area contributed by atoms with Gasteiger partial charge in [0.2, 0.25) is 5.91 Å². The maximum atomic E-state index is 12.6. The molecule has 1 aromatic carbocycles. The summed E-state index contributed by atoms with van der Waals surface area (Å²) in [6, 6.07) is 8.81. The number of anilines is 2. The molecule has 5 heteroatoms. The third-order valence-electron chi connectivity index (χ3n) is 4.92. The molecule has 1 aliphatic rings. The highest BCUT2D eigenvalue weighted by Gasteiger charge is 2.25. The number of piperidine rings is 1. The Morgan fingerprint density at radius 1 is 1.28 bits per heavy atom. The molecule has 1 N–H and O–H groups in total. The summed E-state index contributed by atoms with van der Waals surface area (Å²) in [5.41, 5.74) is 3.22. The van der Waals surface area contributed by atoms with Crippen molar-refractivity contribution in [2.45, 2.75) is 58.4 Å². The van der Waals surface area contributed by atoms with E-state index in [9.17, 15) is 4.79 Å². The van der Waals surface area contributed by atoms with Gasteiger partial charge in [0.15, 0.2) is 5.13 Å². The third kappa shape index (κ3) is 4.60. The molecule has 1 saturated heterocycles. The van der Waals surface area contributed by atoms with Gasteiger partial charge < -0.3 is 10.2 Å². The monoisotopic (exact) mass is 357 g/mol. The Hall–Kier alpha value is -1.88. The van der Waals surface area contributed by atoms with Crippen LogP contribution in [0.25, 0.3) is 0 Å². The molecule has 0 radical (unpaired) electrons. The number of carbonyl (C=O) groups excluding carboxylic acids is 1. The van der Waals surface area contributed by atoms with Crippen molar-refractivity contribution in [2.24, 2.45) is 0 Å². The molecule has 0 saturated carbocycles. The minimum absolute atomic E-state index is 0.218. The molecule has 1 unspecified atom stereocenters. The van der Waals surface area contributed by atoms with Gasteiger partial charge in [0.05, 0.1) is 12.1 Å². The normalized spacial score (nSPS) is 17.5. The predicted octanol–water partition coefficient (Wildman–Crippen LogP) is 4.78. The van der Waals surface area contributed by atoms with E-state index >= 15 is 0 Å². The SMILES string of the molecule is CCc1ccc(Nc2nc(CC(=O)N3CCCCC3CC)cs2)cc1. The van der Waals surface area contributed by atoms with Gasteiger partial charge in [0.25, 0.3) is 0 Å². The predicted molar refractivity (Wildman–Crippen MR) is 105 cm³/mol. The number of hydrogen-bond acceptors (Lipinski definition) is 4. The minimum atomic E-state index is 0.218. The van der Waals surface area contributed by atoms with E-state index in [0.29, 0.717) is 12.5 Å². The standard InChI is InChI=1S/C20H27N3OS/c1-3-15-8-10-16(11-9-15)21-20-22-17(14-25-20)13-19(24)23-12-6-5-7-18(23)4-2/h8-11,14,18H,3-7,12-13H2,1-2H3,(H,21,22). The molecule has 2 aromatic rings. The number of benzene rings is 1. The van der Waals surface area contributed by atoms with Crippen LogP contribution in [0.4, 0.5) is 10.8 Å². The summed E-state index contributed by atoms with van der Waals surface area (Å²) in [5.74, 6) is 0.218. The molecule has 1 amide bonds. The molecule has 1 fully saturated rings. The Labute approximate surface area is 154 Å². The van der Waals surface area contributed by atoms with Crippen molar-refractivity contribution in [3.05, 3.63) is 40.9 Å². The zero-order valence-corrected chi connectivity index (χ0v) is 15.9. The van der Waals surface area contributed by atoms with Crippen LogP contribution in [-0.2, 0) is 17.6 Å². The van der Waals surface area contributed by atoms with Crippen LogP contribution in [0.1, 0.15) is 50.8 Å². The number of likely N-dealkylation sites (tertiary alicyclic amines) is 1. The summed E-state index contributed by atoms with van der Waals surface area (Å²) >= 11 is 1.56. The van der Waals surface area contributed by atoms with Gasteiger partial charge in [-0.25, -0.2) is 4.98 Å². The number of thiazole rings is 1. The maximum Gasteiger partial charge on any atom is 0.228 e. The second kappa shape index (κ2) is 8.48. The fourth-order valence-electron chi connectivity index (χ4n) is 3.40. The van der Waals surface area contributed by atoms with Gasteiger partial charge in [-0.1, -0.05) is 26.0 Å². The number of aromatic nitrogens is 1. The zero-order valence-electron chi connectivity index (χ0n) is 15.1. The summed E-state index contributed by atoms with van der Waals surface area (Å²) in [6.07, 6.45) is 6.00. The van der Waals surface area contributed by atoms with E-state index in [1.54, 1.807) is 11.3 Å². The van der Waals surface area contributed by atoms with Crippen molar-refractivity contribution in [2.75, 3.05) is 11.9 Å². The molecule has 1 aromatic heterocycles. The second-order valence-corrected chi connectivity index (χ2v) is 7.50. The molecular formula is C20H27N3OS. The molecule has 1 aliphatic heterocycles. The Bertz CT molecular complexity index is 695. The molecule has 0 spiro atoms. The van der Waals surface area contributed by atoms with E-state index in [4.69, 9.17) is 0 Å². The topological polar surface area (TPSA) is 45.2 Å². The largest absolute Gasteiger partial charge is 0.339 e.